The fourth-order valence-electron chi connectivity index (χ4n) is 3.40. The first-order chi connectivity index (χ1) is 12.1. The highest BCUT2D eigenvalue weighted by Gasteiger charge is 2.20. The van der Waals surface area contributed by atoms with Crippen molar-refractivity contribution in [2.24, 2.45) is 4.99 Å². The molecule has 0 saturated heterocycles. The number of nitrogens with one attached hydrogen (secondary N) is 1. The Morgan fingerprint density at radius 3 is 2.72 bits per heavy atom. The van der Waals surface area contributed by atoms with Crippen LogP contribution in [-0.2, 0) is 0 Å². The van der Waals surface area contributed by atoms with E-state index in [4.69, 9.17) is 4.99 Å². The van der Waals surface area contributed by atoms with E-state index in [1.807, 2.05) is 31.2 Å². The molecule has 0 bridgehead atoms. The van der Waals surface area contributed by atoms with Gasteiger partial charge in [-0.05, 0) is 56.2 Å². The number of aliphatic imine (C=N–C) groups is 1. The lowest BCUT2D eigenvalue weighted by Crippen LogP contribution is -2.32. The van der Waals surface area contributed by atoms with Crippen molar-refractivity contribution in [1.29, 1.82) is 0 Å². The first-order valence-corrected chi connectivity index (χ1v) is 10.2. The van der Waals surface area contributed by atoms with Gasteiger partial charge in [0.15, 0.2) is 0 Å². The summed E-state index contributed by atoms with van der Waals surface area (Å²) < 4.78 is 1.05. The summed E-state index contributed by atoms with van der Waals surface area (Å²) in [4.78, 5) is 19.6. The molecule has 3 nitrogen and oxygen atoms in total. The number of benzene rings is 2. The highest BCUT2D eigenvalue weighted by atomic mass is 79.9. The van der Waals surface area contributed by atoms with Gasteiger partial charge < -0.3 is 5.32 Å². The lowest BCUT2D eigenvalue weighted by molar-refractivity contribution is 0.0938. The van der Waals surface area contributed by atoms with E-state index >= 15 is 0 Å². The van der Waals surface area contributed by atoms with E-state index in [0.717, 1.165) is 39.2 Å². The predicted molar refractivity (Wildman–Crippen MR) is 106 cm³/mol. The van der Waals surface area contributed by atoms with Gasteiger partial charge in [-0.3, -0.25) is 9.79 Å². The van der Waals surface area contributed by atoms with Crippen LogP contribution in [0, 0.1) is 0 Å². The van der Waals surface area contributed by atoms with Crippen LogP contribution in [0.15, 0.2) is 55.7 Å². The van der Waals surface area contributed by atoms with Crippen molar-refractivity contribution in [2.45, 2.75) is 48.4 Å². The summed E-state index contributed by atoms with van der Waals surface area (Å²) in [6.45, 7) is 2.02. The van der Waals surface area contributed by atoms with Gasteiger partial charge in [0.25, 0.3) is 5.91 Å². The van der Waals surface area contributed by atoms with Crippen LogP contribution in [0.3, 0.4) is 0 Å². The number of carbonyl (C=O) groups excluding carboxylic acids is 1. The summed E-state index contributed by atoms with van der Waals surface area (Å²) >= 11 is 5.24. The van der Waals surface area contributed by atoms with E-state index in [1.54, 1.807) is 11.8 Å². The molecule has 1 saturated carbocycles. The quantitative estimate of drug-likeness (QED) is 0.681. The van der Waals surface area contributed by atoms with Crippen molar-refractivity contribution in [3.8, 4) is 0 Å². The Hall–Kier alpha value is -1.59. The lowest BCUT2D eigenvalue weighted by atomic mass is 10.1. The predicted octanol–water partition coefficient (Wildman–Crippen LogP) is 5.73. The molecule has 25 heavy (non-hydrogen) atoms. The minimum absolute atomic E-state index is 0.0112. The molecule has 1 heterocycles. The van der Waals surface area contributed by atoms with Crippen LogP contribution in [0.25, 0.3) is 0 Å². The number of carbonyl (C=O) groups is 1. The molecule has 0 radical (unpaired) electrons. The Balaban J connectivity index is 1.65. The van der Waals surface area contributed by atoms with Gasteiger partial charge >= 0.3 is 0 Å². The van der Waals surface area contributed by atoms with Gasteiger partial charge in [0.1, 0.15) is 0 Å². The first-order valence-electron chi connectivity index (χ1n) is 8.58. The van der Waals surface area contributed by atoms with E-state index in [9.17, 15) is 4.79 Å². The smallest absolute Gasteiger partial charge is 0.251 e. The molecular formula is C20H19BrN2OS. The molecule has 0 spiro atoms. The number of nitrogens with zero attached hydrogens (tertiary/aromatic N) is 1. The van der Waals surface area contributed by atoms with E-state index in [0.29, 0.717) is 11.6 Å². The van der Waals surface area contributed by atoms with Crippen molar-refractivity contribution in [1.82, 2.24) is 5.32 Å². The molecule has 4 rings (SSSR count). The maximum Gasteiger partial charge on any atom is 0.251 e. The summed E-state index contributed by atoms with van der Waals surface area (Å²) in [5.41, 5.74) is 3.66. The Morgan fingerprint density at radius 1 is 1.16 bits per heavy atom. The second-order valence-electron chi connectivity index (χ2n) is 6.58. The van der Waals surface area contributed by atoms with Crippen LogP contribution in [0.2, 0.25) is 0 Å². The fraction of sp³-hybridized carbons (Fsp3) is 0.300. The van der Waals surface area contributed by atoms with Crippen molar-refractivity contribution >= 4 is 45.0 Å². The summed E-state index contributed by atoms with van der Waals surface area (Å²) in [5.74, 6) is 0.0112. The van der Waals surface area contributed by atoms with Crippen molar-refractivity contribution < 1.29 is 4.79 Å². The first kappa shape index (κ1) is 16.9. The molecule has 5 heteroatoms. The number of hydrogen-bond donors (Lipinski definition) is 1. The van der Waals surface area contributed by atoms with Gasteiger partial charge in [0.2, 0.25) is 0 Å². The van der Waals surface area contributed by atoms with Crippen molar-refractivity contribution in [3.05, 3.63) is 52.0 Å². The molecule has 0 aromatic heterocycles. The van der Waals surface area contributed by atoms with Crippen LogP contribution < -0.4 is 5.32 Å². The van der Waals surface area contributed by atoms with Crippen LogP contribution >= 0.6 is 27.7 Å². The standard InChI is InChI=1S/C20H19BrN2OS/c1-12-16-11-14(21)7-9-18(16)25-19-8-6-13(10-17(19)22-12)20(24)23-15-4-2-3-5-15/h6-11,15H,2-5H2,1H3,(H,23,24). The second kappa shape index (κ2) is 6.96. The minimum atomic E-state index is 0.0112. The maximum absolute atomic E-state index is 12.5. The monoisotopic (exact) mass is 414 g/mol. The number of amides is 1. The molecule has 2 aliphatic rings. The molecule has 2 aromatic carbocycles. The Kier molecular flexibility index (Phi) is 4.69. The van der Waals surface area contributed by atoms with Gasteiger partial charge in [-0.15, -0.1) is 0 Å². The molecule has 0 unspecified atom stereocenters. The summed E-state index contributed by atoms with van der Waals surface area (Å²) in [6, 6.07) is 12.4. The van der Waals surface area contributed by atoms with Crippen LogP contribution in [0.5, 0.6) is 0 Å². The molecular weight excluding hydrogens is 396 g/mol. The number of halogens is 1. The summed E-state index contributed by atoms with van der Waals surface area (Å²) in [7, 11) is 0. The number of hydrogen-bond acceptors (Lipinski definition) is 3. The molecule has 1 amide bonds. The summed E-state index contributed by atoms with van der Waals surface area (Å²) in [5, 5.41) is 3.15. The van der Waals surface area contributed by atoms with Gasteiger partial charge in [-0.25, -0.2) is 0 Å². The molecule has 1 aliphatic heterocycles. The van der Waals surface area contributed by atoms with Gasteiger partial charge in [0.05, 0.1) is 5.69 Å². The highest BCUT2D eigenvalue weighted by molar-refractivity contribution is 9.10. The molecule has 128 valence electrons. The zero-order chi connectivity index (χ0) is 17.4. The topological polar surface area (TPSA) is 41.5 Å². The lowest BCUT2D eigenvalue weighted by Gasteiger charge is -2.12. The third-order valence-corrected chi connectivity index (χ3v) is 6.39. The molecule has 1 aliphatic carbocycles. The van der Waals surface area contributed by atoms with E-state index in [1.165, 1.54) is 17.7 Å². The highest BCUT2D eigenvalue weighted by Crippen LogP contribution is 2.41. The van der Waals surface area contributed by atoms with E-state index in [-0.39, 0.29) is 5.91 Å². The van der Waals surface area contributed by atoms with Crippen molar-refractivity contribution in [3.63, 3.8) is 0 Å². The third kappa shape index (κ3) is 3.53. The van der Waals surface area contributed by atoms with Crippen LogP contribution in [-0.4, -0.2) is 17.7 Å². The molecule has 2 aromatic rings. The molecule has 1 fully saturated rings. The number of fused-ring (bicyclic) bond motifs is 2. The van der Waals surface area contributed by atoms with Gasteiger partial charge in [-0.1, -0.05) is 40.5 Å². The average Bonchev–Trinajstić information content (AvgIpc) is 3.05. The zero-order valence-electron chi connectivity index (χ0n) is 14.0. The minimum Gasteiger partial charge on any atom is -0.349 e. The molecule has 1 N–H and O–H groups in total. The average molecular weight is 415 g/mol. The number of rotatable bonds is 2. The Bertz CT molecular complexity index is 872. The second-order valence-corrected chi connectivity index (χ2v) is 8.58. The Labute approximate surface area is 160 Å². The van der Waals surface area contributed by atoms with Gasteiger partial charge in [0, 0.05) is 37.1 Å². The molecule has 0 atom stereocenters. The third-order valence-electron chi connectivity index (χ3n) is 4.75. The SMILES string of the molecule is CC1=Nc2cc(C(=O)NC3CCCC3)ccc2Sc2ccc(Br)cc21. The maximum atomic E-state index is 12.5. The largest absolute Gasteiger partial charge is 0.349 e. The van der Waals surface area contributed by atoms with Crippen LogP contribution in [0.1, 0.15) is 48.5 Å². The Morgan fingerprint density at radius 2 is 1.92 bits per heavy atom. The zero-order valence-corrected chi connectivity index (χ0v) is 16.4. The van der Waals surface area contributed by atoms with E-state index < -0.39 is 0 Å². The van der Waals surface area contributed by atoms with E-state index in [2.05, 4.69) is 33.4 Å². The summed E-state index contributed by atoms with van der Waals surface area (Å²) in [6.07, 6.45) is 4.61. The normalized spacial score (nSPS) is 16.6. The van der Waals surface area contributed by atoms with Crippen molar-refractivity contribution in [2.75, 3.05) is 0 Å². The van der Waals surface area contributed by atoms with Crippen LogP contribution in [0.4, 0.5) is 5.69 Å². The van der Waals surface area contributed by atoms with Gasteiger partial charge in [-0.2, -0.15) is 0 Å². The fourth-order valence-corrected chi connectivity index (χ4v) is 4.80.